The third kappa shape index (κ3) is 3.60. The Balaban J connectivity index is 1.53. The SMILES string of the molecule is CCn1ncc2c(NC3CCOC(=O)C3)c(-c3nnc(Cc4nonc4C)o3)cnc21. The molecule has 0 radical (unpaired) electrons. The second-order valence-corrected chi connectivity index (χ2v) is 7.27. The predicted molar refractivity (Wildman–Crippen MR) is 106 cm³/mol. The van der Waals surface area contributed by atoms with E-state index < -0.39 is 0 Å². The number of cyclic esters (lactones) is 1. The van der Waals surface area contributed by atoms with E-state index in [9.17, 15) is 4.79 Å². The van der Waals surface area contributed by atoms with E-state index in [0.29, 0.717) is 54.7 Å². The van der Waals surface area contributed by atoms with Crippen molar-refractivity contribution >= 4 is 22.7 Å². The Hall–Kier alpha value is -3.83. The Morgan fingerprint density at radius 1 is 1.26 bits per heavy atom. The van der Waals surface area contributed by atoms with Gasteiger partial charge in [-0.2, -0.15) is 5.10 Å². The molecule has 0 amide bonds. The first-order valence-electron chi connectivity index (χ1n) is 9.99. The topological polar surface area (TPSA) is 147 Å². The van der Waals surface area contributed by atoms with Crippen LogP contribution in [0.1, 0.15) is 37.0 Å². The van der Waals surface area contributed by atoms with Gasteiger partial charge in [0, 0.05) is 25.2 Å². The zero-order chi connectivity index (χ0) is 21.4. The highest BCUT2D eigenvalue weighted by Gasteiger charge is 2.25. The van der Waals surface area contributed by atoms with E-state index in [-0.39, 0.29) is 18.4 Å². The van der Waals surface area contributed by atoms with Crippen molar-refractivity contribution in [3.63, 3.8) is 0 Å². The number of esters is 1. The van der Waals surface area contributed by atoms with E-state index in [4.69, 9.17) is 13.8 Å². The molecule has 0 aliphatic carbocycles. The third-order valence-electron chi connectivity index (χ3n) is 5.22. The van der Waals surface area contributed by atoms with E-state index in [1.807, 2.05) is 6.92 Å². The molecule has 5 heterocycles. The minimum Gasteiger partial charge on any atom is -0.466 e. The number of fused-ring (bicyclic) bond motifs is 1. The van der Waals surface area contributed by atoms with Crippen molar-refractivity contribution in [2.75, 3.05) is 11.9 Å². The first-order valence-corrected chi connectivity index (χ1v) is 9.99. The molecule has 4 aromatic rings. The van der Waals surface area contributed by atoms with Crippen LogP contribution in [0.25, 0.3) is 22.5 Å². The molecule has 0 saturated carbocycles. The Morgan fingerprint density at radius 2 is 2.16 bits per heavy atom. The van der Waals surface area contributed by atoms with Crippen LogP contribution < -0.4 is 5.32 Å². The molecule has 5 rings (SSSR count). The van der Waals surface area contributed by atoms with Crippen LogP contribution in [0.15, 0.2) is 21.4 Å². The molecule has 12 nitrogen and oxygen atoms in total. The van der Waals surface area contributed by atoms with E-state index >= 15 is 0 Å². The molecule has 0 aromatic carbocycles. The Morgan fingerprint density at radius 3 is 2.94 bits per heavy atom. The first-order chi connectivity index (χ1) is 15.1. The minimum atomic E-state index is -0.225. The summed E-state index contributed by atoms with van der Waals surface area (Å²) in [5.74, 6) is 0.463. The summed E-state index contributed by atoms with van der Waals surface area (Å²) in [7, 11) is 0. The van der Waals surface area contributed by atoms with Gasteiger partial charge < -0.3 is 14.5 Å². The molecule has 1 saturated heterocycles. The van der Waals surface area contributed by atoms with Gasteiger partial charge in [0.2, 0.25) is 5.89 Å². The van der Waals surface area contributed by atoms with Gasteiger partial charge in [0.1, 0.15) is 11.4 Å². The average Bonchev–Trinajstić information content (AvgIpc) is 3.49. The average molecular weight is 424 g/mol. The number of hydrogen-bond donors (Lipinski definition) is 1. The largest absolute Gasteiger partial charge is 0.466 e. The van der Waals surface area contributed by atoms with Crippen LogP contribution in [-0.4, -0.2) is 53.9 Å². The lowest BCUT2D eigenvalue weighted by molar-refractivity contribution is -0.147. The number of aryl methyl sites for hydroxylation is 2. The molecule has 1 N–H and O–H groups in total. The Labute approximate surface area is 175 Å². The lowest BCUT2D eigenvalue weighted by Gasteiger charge is -2.24. The lowest BCUT2D eigenvalue weighted by atomic mass is 10.1. The summed E-state index contributed by atoms with van der Waals surface area (Å²) in [6.07, 6.45) is 4.71. The molecule has 0 bridgehead atoms. The van der Waals surface area contributed by atoms with Crippen molar-refractivity contribution in [1.29, 1.82) is 0 Å². The van der Waals surface area contributed by atoms with E-state index in [2.05, 4.69) is 35.9 Å². The first kappa shape index (κ1) is 19.2. The zero-order valence-electron chi connectivity index (χ0n) is 17.0. The fourth-order valence-corrected chi connectivity index (χ4v) is 3.57. The smallest absolute Gasteiger partial charge is 0.307 e. The van der Waals surface area contributed by atoms with Crippen molar-refractivity contribution in [3.8, 4) is 11.5 Å². The summed E-state index contributed by atoms with van der Waals surface area (Å²) in [4.78, 5) is 16.3. The number of nitrogens with zero attached hydrogens (tertiary/aromatic N) is 7. The summed E-state index contributed by atoms with van der Waals surface area (Å²) in [5.41, 5.74) is 3.42. The summed E-state index contributed by atoms with van der Waals surface area (Å²) in [6.45, 7) is 4.85. The number of carbonyl (C=O) groups excluding carboxylic acids is 1. The maximum atomic E-state index is 11.8. The van der Waals surface area contributed by atoms with Gasteiger partial charge in [0.25, 0.3) is 5.89 Å². The van der Waals surface area contributed by atoms with E-state index in [0.717, 1.165) is 16.7 Å². The maximum Gasteiger partial charge on any atom is 0.307 e. The molecule has 1 unspecified atom stereocenters. The molecule has 12 heteroatoms. The number of anilines is 1. The van der Waals surface area contributed by atoms with Crippen molar-refractivity contribution in [2.45, 2.75) is 45.7 Å². The van der Waals surface area contributed by atoms with Crippen LogP contribution in [0.5, 0.6) is 0 Å². The number of carbonyl (C=O) groups is 1. The van der Waals surface area contributed by atoms with Crippen molar-refractivity contribution in [3.05, 3.63) is 29.7 Å². The molecule has 1 atom stereocenters. The number of rotatable bonds is 6. The van der Waals surface area contributed by atoms with E-state index in [1.54, 1.807) is 24.0 Å². The molecule has 0 spiro atoms. The summed E-state index contributed by atoms with van der Waals surface area (Å²) >= 11 is 0. The molecule has 1 aliphatic rings. The minimum absolute atomic E-state index is 0.0816. The van der Waals surface area contributed by atoms with Crippen LogP contribution >= 0.6 is 0 Å². The van der Waals surface area contributed by atoms with Crippen molar-refractivity contribution < 1.29 is 18.6 Å². The molecule has 160 valence electrons. The van der Waals surface area contributed by atoms with Crippen LogP contribution in [0.3, 0.4) is 0 Å². The summed E-state index contributed by atoms with van der Waals surface area (Å²) in [5, 5.41) is 24.6. The standard InChI is InChI=1S/C19H20N8O4/c1-3-27-18-12(9-21-27)17(22-11-4-5-29-16(28)6-11)13(8-20-18)19-24-23-15(30-19)7-14-10(2)25-31-26-14/h8-9,11H,3-7H2,1-2H3,(H,20,22). The summed E-state index contributed by atoms with van der Waals surface area (Å²) < 4.78 is 17.5. The molecule has 31 heavy (non-hydrogen) atoms. The van der Waals surface area contributed by atoms with Gasteiger partial charge in [-0.25, -0.2) is 14.3 Å². The summed E-state index contributed by atoms with van der Waals surface area (Å²) in [6, 6.07) is -0.0816. The second kappa shape index (κ2) is 7.78. The predicted octanol–water partition coefficient (Wildman–Crippen LogP) is 1.90. The van der Waals surface area contributed by atoms with Gasteiger partial charge in [-0.1, -0.05) is 10.3 Å². The van der Waals surface area contributed by atoms with Gasteiger partial charge in [0.15, 0.2) is 5.65 Å². The highest BCUT2D eigenvalue weighted by Crippen LogP contribution is 2.34. The van der Waals surface area contributed by atoms with Gasteiger partial charge in [0.05, 0.1) is 42.3 Å². The van der Waals surface area contributed by atoms with Gasteiger partial charge >= 0.3 is 5.97 Å². The maximum absolute atomic E-state index is 11.8. The van der Waals surface area contributed by atoms with Crippen molar-refractivity contribution in [1.82, 2.24) is 35.3 Å². The van der Waals surface area contributed by atoms with Crippen LogP contribution in [0.4, 0.5) is 5.69 Å². The Kier molecular flexibility index (Phi) is 4.81. The number of aromatic nitrogens is 7. The van der Waals surface area contributed by atoms with Crippen LogP contribution in [0, 0.1) is 6.92 Å². The zero-order valence-corrected chi connectivity index (χ0v) is 17.0. The van der Waals surface area contributed by atoms with Crippen LogP contribution in [0.2, 0.25) is 0 Å². The monoisotopic (exact) mass is 424 g/mol. The Bertz CT molecular complexity index is 1240. The quantitative estimate of drug-likeness (QED) is 0.452. The van der Waals surface area contributed by atoms with Gasteiger partial charge in [-0.05, 0) is 13.8 Å². The number of nitrogens with one attached hydrogen (secondary N) is 1. The molecule has 4 aromatic heterocycles. The molecular formula is C19H20N8O4. The number of hydrogen-bond acceptors (Lipinski definition) is 11. The molecule has 1 aliphatic heterocycles. The number of pyridine rings is 1. The highest BCUT2D eigenvalue weighted by molar-refractivity contribution is 5.96. The van der Waals surface area contributed by atoms with Gasteiger partial charge in [-0.15, -0.1) is 10.2 Å². The normalized spacial score (nSPS) is 16.6. The third-order valence-corrected chi connectivity index (χ3v) is 5.22. The van der Waals surface area contributed by atoms with Gasteiger partial charge in [-0.3, -0.25) is 4.79 Å². The number of ether oxygens (including phenoxy) is 1. The second-order valence-electron chi connectivity index (χ2n) is 7.27. The molecule has 1 fully saturated rings. The van der Waals surface area contributed by atoms with E-state index in [1.165, 1.54) is 0 Å². The van der Waals surface area contributed by atoms with Crippen LogP contribution in [-0.2, 0) is 22.5 Å². The molecular weight excluding hydrogens is 404 g/mol. The lowest BCUT2D eigenvalue weighted by Crippen LogP contribution is -2.31. The fraction of sp³-hybridized carbons (Fsp3) is 0.421. The van der Waals surface area contributed by atoms with Crippen molar-refractivity contribution in [2.24, 2.45) is 0 Å². The highest BCUT2D eigenvalue weighted by atomic mass is 16.6. The fourth-order valence-electron chi connectivity index (χ4n) is 3.57.